The first-order chi connectivity index (χ1) is 20.9. The highest BCUT2D eigenvalue weighted by atomic mass is 16.7. The third kappa shape index (κ3) is 7.56. The molecule has 0 spiro atoms. The number of ether oxygens (including phenoxy) is 5. The van der Waals surface area contributed by atoms with Gasteiger partial charge in [-0.25, -0.2) is 4.79 Å². The molecule has 0 aromatic heterocycles. The maximum atomic E-state index is 12.2. The second kappa shape index (κ2) is 14.5. The summed E-state index contributed by atoms with van der Waals surface area (Å²) < 4.78 is 26.4. The van der Waals surface area contributed by atoms with Crippen LogP contribution in [-0.4, -0.2) is 132 Å². The average molecular weight is 627 g/mol. The number of hydrogen-bond acceptors (Lipinski definition) is 16. The van der Waals surface area contributed by atoms with Gasteiger partial charge in [-0.15, -0.1) is 0 Å². The van der Waals surface area contributed by atoms with Gasteiger partial charge >= 0.3 is 5.97 Å². The van der Waals surface area contributed by atoms with Crippen molar-refractivity contribution >= 4 is 12.0 Å². The van der Waals surface area contributed by atoms with Crippen molar-refractivity contribution in [1.29, 1.82) is 0 Å². The Hall–Kier alpha value is -3.55. The van der Waals surface area contributed by atoms with E-state index in [0.29, 0.717) is 11.1 Å². The van der Waals surface area contributed by atoms with E-state index in [1.807, 2.05) is 0 Å². The summed E-state index contributed by atoms with van der Waals surface area (Å²) in [7, 11) is 0. The zero-order valence-electron chi connectivity index (χ0n) is 22.9. The van der Waals surface area contributed by atoms with Crippen molar-refractivity contribution in [2.45, 2.75) is 68.0 Å². The monoisotopic (exact) mass is 626 g/mol. The SMILES string of the molecule is O=C(C=Cc1ccc(O[C@@H]2O[C@H](CO)[C@@H](O)[C@H](O)[C@H]2O)c(O)c1)OCc1ccc(O[C@@H]2O[C@H](CO)[C@@H](O)[C@H](O)[C@H]2O)c(O)c1. The standard InChI is InChI=1S/C28H34O16/c29-9-18-21(34)23(36)25(38)27(43-18)41-16-4-1-12(7-14(16)31)3-6-20(33)40-11-13-2-5-17(15(32)8-13)42-28-26(39)24(37)22(35)19(10-30)44-28/h1-8,18-19,21-32,34-39H,9-11H2/t18-,19-,21-,22-,23+,24+,25-,26-,27-,28-/m1/s1. The third-order valence-corrected chi connectivity index (χ3v) is 6.98. The van der Waals surface area contributed by atoms with Crippen LogP contribution >= 0.6 is 0 Å². The van der Waals surface area contributed by atoms with E-state index in [4.69, 9.17) is 23.7 Å². The quantitative estimate of drug-likeness (QED) is 0.0943. The lowest BCUT2D eigenvalue weighted by Crippen LogP contribution is -2.60. The number of benzene rings is 2. The average Bonchev–Trinajstić information content (AvgIpc) is 3.01. The summed E-state index contributed by atoms with van der Waals surface area (Å²) in [5.41, 5.74) is 0.714. The molecule has 2 aromatic carbocycles. The predicted molar refractivity (Wildman–Crippen MR) is 144 cm³/mol. The Morgan fingerprint density at radius 2 is 1.20 bits per heavy atom. The van der Waals surface area contributed by atoms with E-state index in [1.165, 1.54) is 42.5 Å². The van der Waals surface area contributed by atoms with Crippen LogP contribution in [0.15, 0.2) is 42.5 Å². The second-order valence-electron chi connectivity index (χ2n) is 10.1. The lowest BCUT2D eigenvalue weighted by Gasteiger charge is -2.39. The maximum absolute atomic E-state index is 12.2. The van der Waals surface area contributed by atoms with Crippen LogP contribution in [-0.2, 0) is 25.6 Å². The molecule has 4 rings (SSSR count). The maximum Gasteiger partial charge on any atom is 0.331 e. The van der Waals surface area contributed by atoms with Gasteiger partial charge < -0.3 is 74.7 Å². The molecule has 10 atom stereocenters. The summed E-state index contributed by atoms with van der Waals surface area (Å²) >= 11 is 0. The van der Waals surface area contributed by atoms with Crippen LogP contribution in [0.4, 0.5) is 0 Å². The zero-order chi connectivity index (χ0) is 32.1. The Morgan fingerprint density at radius 3 is 1.68 bits per heavy atom. The molecule has 242 valence electrons. The van der Waals surface area contributed by atoms with Crippen molar-refractivity contribution in [2.24, 2.45) is 0 Å². The Balaban J connectivity index is 1.30. The highest BCUT2D eigenvalue weighted by molar-refractivity contribution is 5.87. The van der Waals surface area contributed by atoms with Gasteiger partial charge in [0.05, 0.1) is 13.2 Å². The van der Waals surface area contributed by atoms with E-state index in [1.54, 1.807) is 0 Å². The minimum atomic E-state index is -1.67. The number of phenols is 2. The number of esters is 1. The summed E-state index contributed by atoms with van der Waals surface area (Å²) in [6.07, 6.45) is -12.8. The molecule has 2 saturated heterocycles. The largest absolute Gasteiger partial charge is 0.504 e. The van der Waals surface area contributed by atoms with Gasteiger partial charge in [-0.2, -0.15) is 0 Å². The van der Waals surface area contributed by atoms with E-state index >= 15 is 0 Å². The summed E-state index contributed by atoms with van der Waals surface area (Å²) in [4.78, 5) is 12.2. The molecule has 2 aromatic rings. The summed E-state index contributed by atoms with van der Waals surface area (Å²) in [6.45, 7) is -1.56. The number of carbonyl (C=O) groups excluding carboxylic acids is 1. The van der Waals surface area contributed by atoms with Crippen LogP contribution in [0, 0.1) is 0 Å². The van der Waals surface area contributed by atoms with Crippen molar-refractivity contribution in [3.8, 4) is 23.0 Å². The fourth-order valence-corrected chi connectivity index (χ4v) is 4.44. The van der Waals surface area contributed by atoms with E-state index in [9.17, 15) is 55.9 Å². The lowest BCUT2D eigenvalue weighted by atomic mass is 9.99. The van der Waals surface area contributed by atoms with E-state index in [-0.39, 0.29) is 18.1 Å². The Labute approximate surface area is 249 Å². The predicted octanol–water partition coefficient (Wildman–Crippen LogP) is -2.79. The van der Waals surface area contributed by atoms with Crippen molar-refractivity contribution in [1.82, 2.24) is 0 Å². The van der Waals surface area contributed by atoms with Gasteiger partial charge in [-0.1, -0.05) is 12.1 Å². The molecule has 0 amide bonds. The molecule has 16 nitrogen and oxygen atoms in total. The second-order valence-corrected chi connectivity index (χ2v) is 10.1. The topological polar surface area (TPSA) is 266 Å². The van der Waals surface area contributed by atoms with E-state index < -0.39 is 92.1 Å². The molecule has 2 aliphatic rings. The first-order valence-electron chi connectivity index (χ1n) is 13.4. The van der Waals surface area contributed by atoms with Crippen molar-refractivity contribution in [2.75, 3.05) is 13.2 Å². The first kappa shape index (κ1) is 33.3. The van der Waals surface area contributed by atoms with Gasteiger partial charge in [0.2, 0.25) is 12.6 Å². The van der Waals surface area contributed by atoms with Crippen LogP contribution in [0.3, 0.4) is 0 Å². The zero-order valence-corrected chi connectivity index (χ0v) is 22.9. The van der Waals surface area contributed by atoms with Gasteiger partial charge in [-0.3, -0.25) is 0 Å². The van der Waals surface area contributed by atoms with Gasteiger partial charge in [0.25, 0.3) is 0 Å². The molecule has 44 heavy (non-hydrogen) atoms. The number of phenolic OH excluding ortho intramolecular Hbond substituents is 2. The number of aliphatic hydroxyl groups is 8. The van der Waals surface area contributed by atoms with Crippen LogP contribution in [0.25, 0.3) is 6.08 Å². The van der Waals surface area contributed by atoms with Crippen molar-refractivity contribution in [3.05, 3.63) is 53.6 Å². The highest BCUT2D eigenvalue weighted by Crippen LogP contribution is 2.33. The number of aromatic hydroxyl groups is 2. The van der Waals surface area contributed by atoms with Gasteiger partial charge in [0.1, 0.15) is 55.4 Å². The molecule has 0 aliphatic carbocycles. The fourth-order valence-electron chi connectivity index (χ4n) is 4.44. The van der Waals surface area contributed by atoms with Crippen LogP contribution in [0.1, 0.15) is 11.1 Å². The molecule has 2 fully saturated rings. The van der Waals surface area contributed by atoms with Gasteiger partial charge in [0, 0.05) is 6.08 Å². The molecule has 0 bridgehead atoms. The van der Waals surface area contributed by atoms with Crippen molar-refractivity contribution in [3.63, 3.8) is 0 Å². The van der Waals surface area contributed by atoms with Crippen molar-refractivity contribution < 1.29 is 79.5 Å². The minimum absolute atomic E-state index is 0.146. The molecule has 2 aliphatic heterocycles. The Bertz CT molecular complexity index is 1300. The molecule has 2 heterocycles. The number of carbonyl (C=O) groups is 1. The highest BCUT2D eigenvalue weighted by Gasteiger charge is 2.46. The normalized spacial score (nSPS) is 32.4. The van der Waals surface area contributed by atoms with Gasteiger partial charge in [0.15, 0.2) is 23.0 Å². The molecule has 0 unspecified atom stereocenters. The molecule has 10 N–H and O–H groups in total. The summed E-state index contributed by atoms with van der Waals surface area (Å²) in [5.74, 6) is -1.88. The third-order valence-electron chi connectivity index (χ3n) is 6.98. The molecular formula is C28H34O16. The fraction of sp³-hybridized carbons (Fsp3) is 0.464. The first-order valence-corrected chi connectivity index (χ1v) is 13.4. The van der Waals surface area contributed by atoms with Crippen LogP contribution in [0.2, 0.25) is 0 Å². The van der Waals surface area contributed by atoms with Crippen LogP contribution in [0.5, 0.6) is 23.0 Å². The van der Waals surface area contributed by atoms with E-state index in [2.05, 4.69) is 0 Å². The van der Waals surface area contributed by atoms with Gasteiger partial charge in [-0.05, 0) is 41.5 Å². The van der Waals surface area contributed by atoms with E-state index in [0.717, 1.165) is 6.08 Å². The molecule has 0 saturated carbocycles. The number of hydrogen-bond donors (Lipinski definition) is 10. The molecular weight excluding hydrogens is 592 g/mol. The molecule has 16 heteroatoms. The number of rotatable bonds is 10. The lowest BCUT2D eigenvalue weighted by molar-refractivity contribution is -0.277. The smallest absolute Gasteiger partial charge is 0.331 e. The Morgan fingerprint density at radius 1 is 0.705 bits per heavy atom. The Kier molecular flexibility index (Phi) is 11.0. The summed E-state index contributed by atoms with van der Waals surface area (Å²) in [5, 5.41) is 98.9. The number of aliphatic hydroxyl groups excluding tert-OH is 8. The minimum Gasteiger partial charge on any atom is -0.504 e. The summed E-state index contributed by atoms with van der Waals surface area (Å²) in [6, 6.07) is 7.96. The van der Waals surface area contributed by atoms with Crippen LogP contribution < -0.4 is 9.47 Å². The molecule has 0 radical (unpaired) electrons.